The van der Waals surface area contributed by atoms with Crippen LogP contribution >= 0.6 is 11.3 Å². The third kappa shape index (κ3) is 6.17. The molecule has 3 rings (SSSR count). The lowest BCUT2D eigenvalue weighted by Crippen LogP contribution is -2.32. The monoisotopic (exact) mass is 459 g/mol. The van der Waals surface area contributed by atoms with Gasteiger partial charge in [0.1, 0.15) is 11.6 Å². The van der Waals surface area contributed by atoms with E-state index in [1.165, 1.54) is 18.3 Å². The Labute approximate surface area is 186 Å². The second-order valence-electron chi connectivity index (χ2n) is 6.66. The fraction of sp³-hybridized carbons (Fsp3) is 0.182. The Kier molecular flexibility index (Phi) is 7.61. The highest BCUT2D eigenvalue weighted by atomic mass is 32.1. The van der Waals surface area contributed by atoms with Gasteiger partial charge in [-0.1, -0.05) is 30.3 Å². The van der Waals surface area contributed by atoms with Crippen LogP contribution in [0.25, 0.3) is 11.3 Å². The van der Waals surface area contributed by atoms with Gasteiger partial charge in [-0.25, -0.2) is 13.8 Å². The van der Waals surface area contributed by atoms with Crippen LogP contribution in [0.3, 0.4) is 0 Å². The number of carbonyl (C=O) groups is 3. The number of anilines is 1. The van der Waals surface area contributed by atoms with Crippen molar-refractivity contribution in [3.63, 3.8) is 0 Å². The molecule has 1 atom stereocenters. The molecule has 2 amide bonds. The van der Waals surface area contributed by atoms with Gasteiger partial charge in [-0.15, -0.1) is 11.3 Å². The van der Waals surface area contributed by atoms with E-state index < -0.39 is 35.5 Å². The summed E-state index contributed by atoms with van der Waals surface area (Å²) < 4.78 is 31.5. The average Bonchev–Trinajstić information content (AvgIpc) is 3.22. The molecule has 1 heterocycles. The molecule has 2 aromatic carbocycles. The summed E-state index contributed by atoms with van der Waals surface area (Å²) in [6.45, 7) is 1.27. The highest BCUT2D eigenvalue weighted by molar-refractivity contribution is 7.14. The van der Waals surface area contributed by atoms with Crippen molar-refractivity contribution in [3.05, 3.63) is 71.1 Å². The minimum Gasteiger partial charge on any atom is -0.452 e. The van der Waals surface area contributed by atoms with Crippen LogP contribution in [0.2, 0.25) is 0 Å². The summed E-state index contributed by atoms with van der Waals surface area (Å²) in [4.78, 5) is 40.4. The number of rotatable bonds is 8. The van der Waals surface area contributed by atoms with Crippen molar-refractivity contribution < 1.29 is 27.9 Å². The summed E-state index contributed by atoms with van der Waals surface area (Å²) in [5.74, 6) is -3.88. The molecule has 1 aromatic heterocycles. The van der Waals surface area contributed by atoms with E-state index in [1.807, 2.05) is 30.3 Å². The van der Waals surface area contributed by atoms with E-state index in [0.717, 1.165) is 17.7 Å². The zero-order chi connectivity index (χ0) is 23.1. The number of benzene rings is 2. The van der Waals surface area contributed by atoms with Crippen LogP contribution in [0.15, 0.2) is 53.9 Å². The van der Waals surface area contributed by atoms with E-state index in [4.69, 9.17) is 4.74 Å². The molecule has 0 saturated carbocycles. The molecule has 2 N–H and O–H groups in total. The minimum absolute atomic E-state index is 0.143. The third-order valence-electron chi connectivity index (χ3n) is 4.27. The quantitative estimate of drug-likeness (QED) is 0.500. The molecule has 1 unspecified atom stereocenters. The van der Waals surface area contributed by atoms with Gasteiger partial charge < -0.3 is 10.1 Å². The van der Waals surface area contributed by atoms with E-state index in [0.29, 0.717) is 16.9 Å². The summed E-state index contributed by atoms with van der Waals surface area (Å²) in [5, 5.41) is 7.10. The van der Waals surface area contributed by atoms with Crippen molar-refractivity contribution in [2.45, 2.75) is 19.4 Å². The molecule has 7 nitrogen and oxygen atoms in total. The van der Waals surface area contributed by atoms with Crippen molar-refractivity contribution in [2.75, 3.05) is 11.9 Å². The van der Waals surface area contributed by atoms with Gasteiger partial charge in [-0.3, -0.25) is 19.7 Å². The van der Waals surface area contributed by atoms with Gasteiger partial charge >= 0.3 is 5.97 Å². The average molecular weight is 459 g/mol. The largest absolute Gasteiger partial charge is 0.452 e. The zero-order valence-corrected chi connectivity index (χ0v) is 17.7. The summed E-state index contributed by atoms with van der Waals surface area (Å²) in [6.07, 6.45) is -1.32. The number of esters is 1. The molecule has 0 saturated heterocycles. The first-order valence-corrected chi connectivity index (χ1v) is 10.5. The van der Waals surface area contributed by atoms with E-state index in [1.54, 1.807) is 5.38 Å². The summed E-state index contributed by atoms with van der Waals surface area (Å²) in [7, 11) is 0. The van der Waals surface area contributed by atoms with Crippen molar-refractivity contribution >= 4 is 34.3 Å². The van der Waals surface area contributed by atoms with Gasteiger partial charge in [-0.2, -0.15) is 0 Å². The first-order valence-electron chi connectivity index (χ1n) is 9.58. The predicted molar refractivity (Wildman–Crippen MR) is 115 cm³/mol. The zero-order valence-electron chi connectivity index (χ0n) is 16.9. The molecular weight excluding hydrogens is 440 g/mol. The topological polar surface area (TPSA) is 97.4 Å². The second-order valence-corrected chi connectivity index (χ2v) is 7.51. The Hall–Kier alpha value is -3.66. The van der Waals surface area contributed by atoms with Crippen LogP contribution in [-0.4, -0.2) is 35.4 Å². The third-order valence-corrected chi connectivity index (χ3v) is 5.03. The van der Waals surface area contributed by atoms with Crippen LogP contribution < -0.4 is 10.6 Å². The molecule has 0 aliphatic rings. The maximum absolute atomic E-state index is 13.6. The molecule has 166 valence electrons. The minimum atomic E-state index is -1.09. The van der Waals surface area contributed by atoms with Gasteiger partial charge in [0.05, 0.1) is 17.7 Å². The summed E-state index contributed by atoms with van der Waals surface area (Å²) in [5.41, 5.74) is 1.28. The summed E-state index contributed by atoms with van der Waals surface area (Å²) in [6, 6.07) is 12.0. The lowest BCUT2D eigenvalue weighted by atomic mass is 10.2. The molecule has 0 aliphatic heterocycles. The lowest BCUT2D eigenvalue weighted by Gasteiger charge is -2.12. The number of amides is 2. The molecule has 0 radical (unpaired) electrons. The van der Waals surface area contributed by atoms with E-state index in [-0.39, 0.29) is 18.5 Å². The number of hydrogen-bond donors (Lipinski definition) is 2. The lowest BCUT2D eigenvalue weighted by molar-refractivity contribution is -0.153. The number of ether oxygens (including phenoxy) is 1. The van der Waals surface area contributed by atoms with Gasteiger partial charge in [0.25, 0.3) is 11.8 Å². The maximum Gasteiger partial charge on any atom is 0.308 e. The Morgan fingerprint density at radius 2 is 1.88 bits per heavy atom. The molecule has 32 heavy (non-hydrogen) atoms. The highest BCUT2D eigenvalue weighted by Gasteiger charge is 2.20. The first kappa shape index (κ1) is 23.0. The van der Waals surface area contributed by atoms with Crippen molar-refractivity contribution in [3.8, 4) is 11.3 Å². The van der Waals surface area contributed by atoms with Crippen molar-refractivity contribution in [1.29, 1.82) is 0 Å². The predicted octanol–water partition coefficient (Wildman–Crippen LogP) is 3.78. The first-order chi connectivity index (χ1) is 15.3. The standard InChI is InChI=1S/C22H19F2N3O4S/c1-13(20(29)27-22-26-18(12-32-22)14-5-3-2-4-6-14)31-19(28)9-10-25-21(30)16-8-7-15(23)11-17(16)24/h2-8,11-13H,9-10H2,1H3,(H,25,30)(H,26,27,29). The molecule has 3 aromatic rings. The smallest absolute Gasteiger partial charge is 0.308 e. The molecular formula is C22H19F2N3O4S. The Balaban J connectivity index is 1.43. The van der Waals surface area contributed by atoms with Gasteiger partial charge in [0.15, 0.2) is 11.2 Å². The fourth-order valence-electron chi connectivity index (χ4n) is 2.64. The summed E-state index contributed by atoms with van der Waals surface area (Å²) >= 11 is 1.24. The van der Waals surface area contributed by atoms with Crippen LogP contribution in [0, 0.1) is 11.6 Å². The number of halogens is 2. The van der Waals surface area contributed by atoms with Gasteiger partial charge in [0.2, 0.25) is 0 Å². The molecule has 0 fully saturated rings. The second kappa shape index (κ2) is 10.6. The Morgan fingerprint density at radius 1 is 1.12 bits per heavy atom. The van der Waals surface area contributed by atoms with E-state index in [9.17, 15) is 23.2 Å². The fourth-order valence-corrected chi connectivity index (χ4v) is 3.36. The number of aromatic nitrogens is 1. The molecule has 10 heteroatoms. The number of carbonyl (C=O) groups excluding carboxylic acids is 3. The Morgan fingerprint density at radius 3 is 2.59 bits per heavy atom. The van der Waals surface area contributed by atoms with Crippen LogP contribution in [0.4, 0.5) is 13.9 Å². The normalized spacial score (nSPS) is 11.5. The van der Waals surface area contributed by atoms with Crippen molar-refractivity contribution in [1.82, 2.24) is 10.3 Å². The van der Waals surface area contributed by atoms with Crippen LogP contribution in [-0.2, 0) is 14.3 Å². The highest BCUT2D eigenvalue weighted by Crippen LogP contribution is 2.24. The molecule has 0 bridgehead atoms. The van der Waals surface area contributed by atoms with E-state index >= 15 is 0 Å². The van der Waals surface area contributed by atoms with E-state index in [2.05, 4.69) is 15.6 Å². The number of thiazole rings is 1. The Bertz CT molecular complexity index is 1120. The van der Waals surface area contributed by atoms with Crippen molar-refractivity contribution in [2.24, 2.45) is 0 Å². The maximum atomic E-state index is 13.6. The molecule has 0 spiro atoms. The van der Waals surface area contributed by atoms with Crippen LogP contribution in [0.5, 0.6) is 0 Å². The number of nitrogens with one attached hydrogen (secondary N) is 2. The van der Waals surface area contributed by atoms with Crippen LogP contribution in [0.1, 0.15) is 23.7 Å². The van der Waals surface area contributed by atoms with Gasteiger partial charge in [-0.05, 0) is 19.1 Å². The number of nitrogens with zero attached hydrogens (tertiary/aromatic N) is 1. The number of hydrogen-bond acceptors (Lipinski definition) is 6. The SMILES string of the molecule is CC(OC(=O)CCNC(=O)c1ccc(F)cc1F)C(=O)Nc1nc(-c2ccccc2)cs1. The van der Waals surface area contributed by atoms with Gasteiger partial charge in [0, 0.05) is 23.6 Å². The molecule has 0 aliphatic carbocycles.